The molecule has 2 N–H and O–H groups in total. The van der Waals surface area contributed by atoms with E-state index >= 15 is 0 Å². The van der Waals surface area contributed by atoms with E-state index in [0.29, 0.717) is 11.3 Å². The zero-order valence-corrected chi connectivity index (χ0v) is 12.2. The molecule has 0 amide bonds. The van der Waals surface area contributed by atoms with E-state index in [1.54, 1.807) is 26.8 Å². The van der Waals surface area contributed by atoms with E-state index in [9.17, 15) is 12.8 Å². The quantitative estimate of drug-likeness (QED) is 0.870. The highest BCUT2D eigenvalue weighted by molar-refractivity contribution is 7.91. The summed E-state index contributed by atoms with van der Waals surface area (Å²) >= 11 is 0. The van der Waals surface area contributed by atoms with Crippen molar-refractivity contribution in [3.8, 4) is 5.75 Å². The minimum absolute atomic E-state index is 0.0102. The van der Waals surface area contributed by atoms with E-state index < -0.39 is 20.9 Å². The maximum Gasteiger partial charge on any atom is 0.155 e. The monoisotopic (exact) mass is 289 g/mol. The van der Waals surface area contributed by atoms with Crippen molar-refractivity contribution in [3.63, 3.8) is 0 Å². The topological polar surface area (TPSA) is 69.4 Å². The van der Waals surface area contributed by atoms with Crippen molar-refractivity contribution in [3.05, 3.63) is 29.6 Å². The molecule has 0 unspecified atom stereocenters. The summed E-state index contributed by atoms with van der Waals surface area (Å²) in [6.07, 6.45) is 0. The molecule has 0 heterocycles. The van der Waals surface area contributed by atoms with E-state index in [1.165, 1.54) is 12.1 Å². The first-order valence-corrected chi connectivity index (χ1v) is 7.85. The lowest BCUT2D eigenvalue weighted by Gasteiger charge is -2.14. The molecule has 0 aromatic heterocycles. The van der Waals surface area contributed by atoms with Crippen LogP contribution in [-0.4, -0.2) is 26.0 Å². The Labute approximate surface area is 113 Å². The average molecular weight is 289 g/mol. The molecular weight excluding hydrogens is 269 g/mol. The third kappa shape index (κ3) is 4.47. The lowest BCUT2D eigenvalue weighted by Crippen LogP contribution is -2.22. The number of hydrogen-bond donors (Lipinski definition) is 1. The molecule has 1 rings (SSSR count). The fourth-order valence-electron chi connectivity index (χ4n) is 1.51. The Morgan fingerprint density at radius 1 is 1.32 bits per heavy atom. The second-order valence-corrected chi connectivity index (χ2v) is 7.41. The number of hydrogen-bond acceptors (Lipinski definition) is 4. The van der Waals surface area contributed by atoms with Gasteiger partial charge >= 0.3 is 0 Å². The molecular formula is C13H20FNO3S. The first kappa shape index (κ1) is 15.9. The fraction of sp³-hybridized carbons (Fsp3) is 0.538. The molecule has 0 aliphatic carbocycles. The van der Waals surface area contributed by atoms with Crippen LogP contribution in [0.2, 0.25) is 0 Å². The minimum Gasteiger partial charge on any atom is -0.492 e. The number of ether oxygens (including phenoxy) is 1. The second kappa shape index (κ2) is 6.34. The summed E-state index contributed by atoms with van der Waals surface area (Å²) in [5.74, 6) is -0.236. The zero-order valence-electron chi connectivity index (χ0n) is 11.4. The number of nitrogens with two attached hydrogens (primary N) is 1. The van der Waals surface area contributed by atoms with Gasteiger partial charge in [-0.2, -0.15) is 0 Å². The molecule has 0 radical (unpaired) electrons. The smallest absolute Gasteiger partial charge is 0.155 e. The van der Waals surface area contributed by atoms with Crippen LogP contribution in [0.5, 0.6) is 5.75 Å². The van der Waals surface area contributed by atoms with E-state index in [0.717, 1.165) is 0 Å². The van der Waals surface area contributed by atoms with E-state index in [4.69, 9.17) is 10.5 Å². The first-order chi connectivity index (χ1) is 8.74. The lowest BCUT2D eigenvalue weighted by molar-refractivity contribution is 0.333. The molecule has 1 aromatic rings. The van der Waals surface area contributed by atoms with Crippen LogP contribution in [-0.2, 0) is 9.84 Å². The summed E-state index contributed by atoms with van der Waals surface area (Å²) < 4.78 is 41.8. The number of sulfone groups is 1. The summed E-state index contributed by atoms with van der Waals surface area (Å²) in [6.45, 7) is 4.98. The molecule has 0 fully saturated rings. The van der Waals surface area contributed by atoms with Crippen molar-refractivity contribution in [1.29, 1.82) is 0 Å². The zero-order chi connectivity index (χ0) is 14.6. The summed E-state index contributed by atoms with van der Waals surface area (Å²) in [4.78, 5) is 0. The molecule has 0 saturated heterocycles. The Balaban J connectivity index is 2.75. The van der Waals surface area contributed by atoms with Crippen LogP contribution in [0.25, 0.3) is 0 Å². The third-order valence-electron chi connectivity index (χ3n) is 2.81. The Kier molecular flexibility index (Phi) is 5.31. The maximum atomic E-state index is 13.2. The molecule has 19 heavy (non-hydrogen) atoms. The Bertz CT molecular complexity index is 527. The summed E-state index contributed by atoms with van der Waals surface area (Å²) in [7, 11) is -3.16. The lowest BCUT2D eigenvalue weighted by atomic mass is 10.1. The van der Waals surface area contributed by atoms with Crippen LogP contribution in [0.1, 0.15) is 32.4 Å². The molecule has 0 aliphatic rings. The van der Waals surface area contributed by atoms with E-state index in [-0.39, 0.29) is 18.4 Å². The van der Waals surface area contributed by atoms with Gasteiger partial charge in [-0.15, -0.1) is 0 Å². The van der Waals surface area contributed by atoms with Gasteiger partial charge < -0.3 is 10.5 Å². The Morgan fingerprint density at radius 2 is 1.95 bits per heavy atom. The van der Waals surface area contributed by atoms with Crippen LogP contribution < -0.4 is 10.5 Å². The average Bonchev–Trinajstić information content (AvgIpc) is 2.28. The normalized spacial score (nSPS) is 13.6. The van der Waals surface area contributed by atoms with Gasteiger partial charge in [-0.05, 0) is 26.8 Å². The van der Waals surface area contributed by atoms with Gasteiger partial charge in [0.05, 0.1) is 11.0 Å². The van der Waals surface area contributed by atoms with Gasteiger partial charge in [0, 0.05) is 17.7 Å². The molecule has 108 valence electrons. The fourth-order valence-corrected chi connectivity index (χ4v) is 2.30. The summed E-state index contributed by atoms with van der Waals surface area (Å²) in [5.41, 5.74) is 6.41. The van der Waals surface area contributed by atoms with Crippen molar-refractivity contribution >= 4 is 9.84 Å². The number of rotatable bonds is 6. The van der Waals surface area contributed by atoms with Crippen molar-refractivity contribution < 1.29 is 17.5 Å². The van der Waals surface area contributed by atoms with Gasteiger partial charge in [-0.3, -0.25) is 0 Å². The van der Waals surface area contributed by atoms with Gasteiger partial charge in [0.25, 0.3) is 0 Å². The van der Waals surface area contributed by atoms with Crippen molar-refractivity contribution in [2.75, 3.05) is 12.4 Å². The highest BCUT2D eigenvalue weighted by Gasteiger charge is 2.17. The molecule has 6 heteroatoms. The second-order valence-electron chi connectivity index (χ2n) is 4.74. The Hall–Kier alpha value is -1.14. The molecule has 4 nitrogen and oxygen atoms in total. The summed E-state index contributed by atoms with van der Waals surface area (Å²) in [6, 6.07) is 3.76. The van der Waals surface area contributed by atoms with Gasteiger partial charge in [-0.1, -0.05) is 6.07 Å². The highest BCUT2D eigenvalue weighted by atomic mass is 32.2. The van der Waals surface area contributed by atoms with E-state index in [1.807, 2.05) is 0 Å². The van der Waals surface area contributed by atoms with E-state index in [2.05, 4.69) is 0 Å². The molecule has 0 saturated carbocycles. The predicted octanol–water partition coefficient (Wildman–Crippen LogP) is 2.05. The van der Waals surface area contributed by atoms with Gasteiger partial charge in [0.1, 0.15) is 18.2 Å². The third-order valence-corrected chi connectivity index (χ3v) is 4.98. The molecule has 1 atom stereocenters. The molecule has 0 bridgehead atoms. The molecule has 0 aliphatic heterocycles. The summed E-state index contributed by atoms with van der Waals surface area (Å²) in [5, 5.41) is -0.448. The van der Waals surface area contributed by atoms with Crippen LogP contribution in [0.15, 0.2) is 18.2 Å². The number of halogens is 1. The Morgan fingerprint density at radius 3 is 2.47 bits per heavy atom. The van der Waals surface area contributed by atoms with Crippen molar-refractivity contribution in [2.45, 2.75) is 32.1 Å². The first-order valence-electron chi connectivity index (χ1n) is 6.13. The highest BCUT2D eigenvalue weighted by Crippen LogP contribution is 2.24. The number of benzene rings is 1. The SMILES string of the molecule is CC(C)S(=O)(=O)CCOc1cc(F)ccc1[C@@H](C)N. The minimum atomic E-state index is -3.16. The molecule has 1 aromatic carbocycles. The van der Waals surface area contributed by atoms with Crippen LogP contribution in [0.4, 0.5) is 4.39 Å². The molecule has 0 spiro atoms. The van der Waals surface area contributed by atoms with Gasteiger partial charge in [0.2, 0.25) is 0 Å². The van der Waals surface area contributed by atoms with Gasteiger partial charge in [0.15, 0.2) is 9.84 Å². The van der Waals surface area contributed by atoms with Crippen molar-refractivity contribution in [1.82, 2.24) is 0 Å². The van der Waals surface area contributed by atoms with Crippen LogP contribution in [0.3, 0.4) is 0 Å². The predicted molar refractivity (Wildman–Crippen MR) is 73.4 cm³/mol. The largest absolute Gasteiger partial charge is 0.492 e. The van der Waals surface area contributed by atoms with Crippen LogP contribution >= 0.6 is 0 Å². The van der Waals surface area contributed by atoms with Gasteiger partial charge in [-0.25, -0.2) is 12.8 Å². The maximum absolute atomic E-state index is 13.2. The standard InChI is InChI=1S/C13H20FNO3S/c1-9(2)19(16,17)7-6-18-13-8-11(14)4-5-12(13)10(3)15/h4-5,8-10H,6-7,15H2,1-3H3/t10-/m1/s1. The van der Waals surface area contributed by atoms with Crippen LogP contribution in [0, 0.1) is 5.82 Å². The van der Waals surface area contributed by atoms with Crippen molar-refractivity contribution in [2.24, 2.45) is 5.73 Å².